The fourth-order valence-corrected chi connectivity index (χ4v) is 6.41. The van der Waals surface area contributed by atoms with E-state index in [-0.39, 0.29) is 17.9 Å². The first-order valence-electron chi connectivity index (χ1n) is 9.90. The van der Waals surface area contributed by atoms with Crippen molar-refractivity contribution in [1.82, 2.24) is 0 Å². The topological polar surface area (TPSA) is 80.8 Å². The van der Waals surface area contributed by atoms with E-state index in [2.05, 4.69) is 0 Å². The molecule has 0 saturated heterocycles. The van der Waals surface area contributed by atoms with Crippen LogP contribution in [0.4, 0.5) is 5.69 Å². The number of esters is 1. The van der Waals surface area contributed by atoms with Gasteiger partial charge >= 0.3 is 5.97 Å². The number of Topliss-reactive ketones (excluding diaryl/α,β-unsaturated/α-hetero) is 1. The van der Waals surface area contributed by atoms with E-state index in [9.17, 15) is 18.0 Å². The quantitative estimate of drug-likeness (QED) is 0.417. The highest BCUT2D eigenvalue weighted by atomic mass is 32.2. The minimum atomic E-state index is -3.95. The van der Waals surface area contributed by atoms with Crippen molar-refractivity contribution in [2.75, 3.05) is 10.9 Å². The van der Waals surface area contributed by atoms with Gasteiger partial charge in [-0.15, -0.1) is 0 Å². The number of allylic oxidation sites excluding steroid dienone is 1. The lowest BCUT2D eigenvalue weighted by Gasteiger charge is -2.39. The van der Waals surface area contributed by atoms with Crippen LogP contribution in [0, 0.1) is 0 Å². The molecule has 0 N–H and O–H groups in total. The molecular weight excluding hydrogens is 402 g/mol. The van der Waals surface area contributed by atoms with Crippen molar-refractivity contribution < 1.29 is 22.7 Å². The lowest BCUT2D eigenvalue weighted by atomic mass is 9.65. The first-order valence-corrected chi connectivity index (χ1v) is 11.3. The van der Waals surface area contributed by atoms with Crippen LogP contribution in [0.1, 0.15) is 32.3 Å². The second-order valence-electron chi connectivity index (χ2n) is 7.63. The molecule has 30 heavy (non-hydrogen) atoms. The molecular formula is C23H23NO5S. The van der Waals surface area contributed by atoms with Gasteiger partial charge in [-0.05, 0) is 50.5 Å². The molecule has 0 unspecified atom stereocenters. The Morgan fingerprint density at radius 2 is 1.77 bits per heavy atom. The maximum absolute atomic E-state index is 13.7. The molecule has 1 heterocycles. The van der Waals surface area contributed by atoms with Gasteiger partial charge in [0.1, 0.15) is 0 Å². The zero-order valence-electron chi connectivity index (χ0n) is 16.9. The van der Waals surface area contributed by atoms with Crippen LogP contribution in [0.25, 0.3) is 0 Å². The summed E-state index contributed by atoms with van der Waals surface area (Å²) in [7, 11) is -3.95. The van der Waals surface area contributed by atoms with Crippen LogP contribution in [0.15, 0.2) is 71.1 Å². The summed E-state index contributed by atoms with van der Waals surface area (Å²) < 4.78 is 33.7. The molecule has 0 radical (unpaired) electrons. The summed E-state index contributed by atoms with van der Waals surface area (Å²) in [6, 6.07) is 14.4. The Bertz CT molecular complexity index is 1140. The van der Waals surface area contributed by atoms with Gasteiger partial charge in [-0.2, -0.15) is 0 Å². The van der Waals surface area contributed by atoms with Gasteiger partial charge < -0.3 is 4.74 Å². The van der Waals surface area contributed by atoms with E-state index >= 15 is 0 Å². The van der Waals surface area contributed by atoms with E-state index in [4.69, 9.17) is 4.74 Å². The SMILES string of the molecule is CCOC(=O)C(=O)[C@@]12CC(C)=CC[C@@H]1N(S(=O)(=O)c1ccccc1)c1ccccc12. The van der Waals surface area contributed by atoms with Crippen molar-refractivity contribution in [3.63, 3.8) is 0 Å². The fraction of sp³-hybridized carbons (Fsp3) is 0.304. The Balaban J connectivity index is 1.96. The highest BCUT2D eigenvalue weighted by Gasteiger charge is 2.61. The zero-order chi connectivity index (χ0) is 21.5. The summed E-state index contributed by atoms with van der Waals surface area (Å²) in [6.07, 6.45) is 2.55. The van der Waals surface area contributed by atoms with E-state index in [1.165, 1.54) is 16.4 Å². The van der Waals surface area contributed by atoms with E-state index in [1.807, 2.05) is 13.0 Å². The molecule has 0 bridgehead atoms. The van der Waals surface area contributed by atoms with Gasteiger partial charge in [0, 0.05) is 0 Å². The molecule has 1 aliphatic carbocycles. The number of carbonyl (C=O) groups excluding carboxylic acids is 2. The number of carbonyl (C=O) groups is 2. The third-order valence-electron chi connectivity index (χ3n) is 5.89. The van der Waals surface area contributed by atoms with Crippen molar-refractivity contribution in [2.45, 2.75) is 43.0 Å². The average Bonchev–Trinajstić information content (AvgIpc) is 3.05. The summed E-state index contributed by atoms with van der Waals surface area (Å²) >= 11 is 0. The maximum Gasteiger partial charge on any atom is 0.375 e. The third-order valence-corrected chi connectivity index (χ3v) is 7.72. The van der Waals surface area contributed by atoms with E-state index in [1.54, 1.807) is 49.4 Å². The van der Waals surface area contributed by atoms with Crippen LogP contribution in [0.2, 0.25) is 0 Å². The standard InChI is InChI=1S/C23H23NO5S/c1-3-29-22(26)21(25)23-15-16(2)13-14-20(23)24(19-12-8-7-11-18(19)23)30(27,28)17-9-5-4-6-10-17/h4-13,20H,3,14-15H2,1-2H3/t20-,23+/m0/s1. The highest BCUT2D eigenvalue weighted by Crippen LogP contribution is 2.54. The number of rotatable bonds is 5. The Kier molecular flexibility index (Phi) is 5.02. The van der Waals surface area contributed by atoms with Crippen LogP contribution in [-0.4, -0.2) is 32.8 Å². The van der Waals surface area contributed by atoms with E-state index < -0.39 is 33.2 Å². The minimum absolute atomic E-state index is 0.0772. The van der Waals surface area contributed by atoms with Gasteiger partial charge in [-0.3, -0.25) is 9.10 Å². The second-order valence-corrected chi connectivity index (χ2v) is 9.45. The largest absolute Gasteiger partial charge is 0.460 e. The Morgan fingerprint density at radius 1 is 1.10 bits per heavy atom. The number of sulfonamides is 1. The molecule has 1 aliphatic heterocycles. The van der Waals surface area contributed by atoms with Crippen LogP contribution in [-0.2, 0) is 29.8 Å². The number of ketones is 1. The number of anilines is 1. The van der Waals surface area contributed by atoms with E-state index in [0.29, 0.717) is 17.7 Å². The van der Waals surface area contributed by atoms with Gasteiger partial charge in [-0.1, -0.05) is 48.0 Å². The summed E-state index contributed by atoms with van der Waals surface area (Å²) in [5, 5.41) is 0. The minimum Gasteiger partial charge on any atom is -0.460 e. The van der Waals surface area contributed by atoms with Gasteiger partial charge in [-0.25, -0.2) is 13.2 Å². The van der Waals surface area contributed by atoms with Crippen molar-refractivity contribution in [3.05, 3.63) is 71.8 Å². The van der Waals surface area contributed by atoms with Crippen LogP contribution in [0.3, 0.4) is 0 Å². The molecule has 156 valence electrons. The van der Waals surface area contributed by atoms with Gasteiger partial charge in [0.25, 0.3) is 15.8 Å². The molecule has 4 rings (SSSR count). The Morgan fingerprint density at radius 3 is 2.47 bits per heavy atom. The molecule has 0 spiro atoms. The number of para-hydroxylation sites is 1. The van der Waals surface area contributed by atoms with Crippen LogP contribution >= 0.6 is 0 Å². The fourth-order valence-electron chi connectivity index (χ4n) is 4.66. The number of hydrogen-bond acceptors (Lipinski definition) is 5. The summed E-state index contributed by atoms with van der Waals surface area (Å²) in [5.41, 5.74) is 0.633. The van der Waals surface area contributed by atoms with Gasteiger partial charge in [0.15, 0.2) is 0 Å². The molecule has 0 aromatic heterocycles. The smallest absolute Gasteiger partial charge is 0.375 e. The Hall–Kier alpha value is -2.93. The second kappa shape index (κ2) is 7.40. The third kappa shape index (κ3) is 2.88. The van der Waals surface area contributed by atoms with Gasteiger partial charge in [0.2, 0.25) is 0 Å². The molecule has 2 aromatic carbocycles. The molecule has 2 aromatic rings. The number of nitrogens with zero attached hydrogens (tertiary/aromatic N) is 1. The van der Waals surface area contributed by atoms with Crippen molar-refractivity contribution in [3.8, 4) is 0 Å². The number of benzene rings is 2. The van der Waals surface area contributed by atoms with Crippen molar-refractivity contribution >= 4 is 27.5 Å². The summed E-state index contributed by atoms with van der Waals surface area (Å²) in [6.45, 7) is 3.61. The van der Waals surface area contributed by atoms with Crippen molar-refractivity contribution in [1.29, 1.82) is 0 Å². The first-order chi connectivity index (χ1) is 14.3. The monoisotopic (exact) mass is 425 g/mol. The number of fused-ring (bicyclic) bond motifs is 3. The lowest BCUT2D eigenvalue weighted by molar-refractivity contribution is -0.156. The highest BCUT2D eigenvalue weighted by molar-refractivity contribution is 7.93. The Labute approximate surface area is 176 Å². The number of hydrogen-bond donors (Lipinski definition) is 0. The lowest BCUT2D eigenvalue weighted by Crippen LogP contribution is -2.55. The predicted octanol–water partition coefficient (Wildman–Crippen LogP) is 3.37. The van der Waals surface area contributed by atoms with Crippen molar-refractivity contribution in [2.24, 2.45) is 0 Å². The molecule has 6 nitrogen and oxygen atoms in total. The predicted molar refractivity (Wildman–Crippen MR) is 113 cm³/mol. The zero-order valence-corrected chi connectivity index (χ0v) is 17.7. The summed E-state index contributed by atoms with van der Waals surface area (Å²) in [4.78, 5) is 26.2. The maximum atomic E-state index is 13.7. The molecule has 0 amide bonds. The number of ether oxygens (including phenoxy) is 1. The van der Waals surface area contributed by atoms with E-state index in [0.717, 1.165) is 5.57 Å². The van der Waals surface area contributed by atoms with Crippen LogP contribution < -0.4 is 4.31 Å². The molecule has 2 atom stereocenters. The van der Waals surface area contributed by atoms with Crippen LogP contribution in [0.5, 0.6) is 0 Å². The van der Waals surface area contributed by atoms with Gasteiger partial charge in [0.05, 0.1) is 28.6 Å². The molecule has 2 aliphatic rings. The molecule has 0 saturated carbocycles. The molecule has 0 fully saturated rings. The first kappa shape index (κ1) is 20.3. The molecule has 7 heteroatoms. The normalized spacial score (nSPS) is 22.7. The summed E-state index contributed by atoms with van der Waals surface area (Å²) in [5.74, 6) is -1.62. The average molecular weight is 426 g/mol.